The van der Waals surface area contributed by atoms with Gasteiger partial charge < -0.3 is 4.90 Å². The molecule has 2 aromatic heterocycles. The van der Waals surface area contributed by atoms with Crippen LogP contribution >= 0.6 is 11.3 Å². The molecule has 0 bridgehead atoms. The summed E-state index contributed by atoms with van der Waals surface area (Å²) in [5.74, 6) is -0.220. The van der Waals surface area contributed by atoms with Crippen molar-refractivity contribution < 1.29 is 4.79 Å². The smallest absolute Gasteiger partial charge is 0.279 e. The van der Waals surface area contributed by atoms with E-state index >= 15 is 0 Å². The highest BCUT2D eigenvalue weighted by atomic mass is 32.1. The summed E-state index contributed by atoms with van der Waals surface area (Å²) in [6.07, 6.45) is 0. The molecule has 1 amide bonds. The highest BCUT2D eigenvalue weighted by Gasteiger charge is 2.20. The Bertz CT molecular complexity index is 1150. The number of rotatable bonds is 4. The number of amides is 1. The summed E-state index contributed by atoms with van der Waals surface area (Å²) in [7, 11) is 1.74. The van der Waals surface area contributed by atoms with Crippen molar-refractivity contribution in [3.63, 3.8) is 0 Å². The van der Waals surface area contributed by atoms with Gasteiger partial charge >= 0.3 is 0 Å². The molecule has 0 spiro atoms. The van der Waals surface area contributed by atoms with Gasteiger partial charge in [-0.15, -0.1) is 0 Å². The van der Waals surface area contributed by atoms with Crippen molar-refractivity contribution in [3.8, 4) is 5.69 Å². The molecule has 0 saturated heterocycles. The summed E-state index contributed by atoms with van der Waals surface area (Å²) in [6, 6.07) is 18.2. The number of carbonyl (C=O) groups excluding carboxylic acids is 1. The first-order valence-electron chi connectivity index (χ1n) is 8.49. The molecule has 0 N–H and O–H groups in total. The molecule has 0 unspecified atom stereocenters. The van der Waals surface area contributed by atoms with Crippen molar-refractivity contribution in [2.24, 2.45) is 0 Å². The van der Waals surface area contributed by atoms with E-state index in [1.165, 1.54) is 4.68 Å². The molecule has 0 atom stereocenters. The van der Waals surface area contributed by atoms with Gasteiger partial charge in [-0.25, -0.2) is 0 Å². The van der Waals surface area contributed by atoms with Crippen molar-refractivity contribution >= 4 is 28.0 Å². The summed E-state index contributed by atoms with van der Waals surface area (Å²) >= 11 is 1.59. The third kappa shape index (κ3) is 3.27. The van der Waals surface area contributed by atoms with E-state index in [-0.39, 0.29) is 17.2 Å². The normalized spacial score (nSPS) is 10.9. The molecule has 2 heterocycles. The largest absolute Gasteiger partial charge is 0.336 e. The molecular formula is C21H17N3O2S. The molecule has 0 aliphatic rings. The van der Waals surface area contributed by atoms with Crippen LogP contribution in [0.3, 0.4) is 0 Å². The van der Waals surface area contributed by atoms with Crippen LogP contribution in [-0.4, -0.2) is 27.6 Å². The summed E-state index contributed by atoms with van der Waals surface area (Å²) in [6.45, 7) is 0.489. The number of fused-ring (bicyclic) bond motifs is 1. The molecule has 134 valence electrons. The van der Waals surface area contributed by atoms with Crippen LogP contribution in [0.25, 0.3) is 16.5 Å². The fourth-order valence-electron chi connectivity index (χ4n) is 3.00. The van der Waals surface area contributed by atoms with Crippen LogP contribution in [0.2, 0.25) is 0 Å². The van der Waals surface area contributed by atoms with Gasteiger partial charge in [-0.3, -0.25) is 9.59 Å². The summed E-state index contributed by atoms with van der Waals surface area (Å²) < 4.78 is 1.30. The lowest BCUT2D eigenvalue weighted by Crippen LogP contribution is -2.31. The van der Waals surface area contributed by atoms with Gasteiger partial charge in [0.05, 0.1) is 11.1 Å². The Balaban J connectivity index is 1.85. The molecule has 0 aliphatic carbocycles. The maximum absolute atomic E-state index is 13.1. The molecule has 6 heteroatoms. The predicted octanol–water partition coefficient (Wildman–Crippen LogP) is 3.72. The standard InChI is InChI=1S/C21H17N3O2S/c1-23(13-15-11-12-27-14-15)21(26)19-17-9-5-6-10-18(17)20(25)24(22-19)16-7-3-2-4-8-16/h2-12,14H,13H2,1H3. The van der Waals surface area contributed by atoms with E-state index in [9.17, 15) is 9.59 Å². The Labute approximate surface area is 160 Å². The van der Waals surface area contributed by atoms with Gasteiger partial charge in [0.25, 0.3) is 11.5 Å². The first-order chi connectivity index (χ1) is 13.1. The molecule has 0 aliphatic heterocycles. The number of nitrogens with zero attached hydrogens (tertiary/aromatic N) is 3. The predicted molar refractivity (Wildman–Crippen MR) is 107 cm³/mol. The number of hydrogen-bond acceptors (Lipinski definition) is 4. The molecule has 4 aromatic rings. The fraction of sp³-hybridized carbons (Fsp3) is 0.0952. The van der Waals surface area contributed by atoms with Gasteiger partial charge in [-0.05, 0) is 40.6 Å². The van der Waals surface area contributed by atoms with Crippen molar-refractivity contribution in [2.75, 3.05) is 7.05 Å². The number of thiophene rings is 1. The third-order valence-corrected chi connectivity index (χ3v) is 5.09. The summed E-state index contributed by atoms with van der Waals surface area (Å²) in [4.78, 5) is 27.7. The fourth-order valence-corrected chi connectivity index (χ4v) is 3.66. The SMILES string of the molecule is CN(Cc1ccsc1)C(=O)c1nn(-c2ccccc2)c(=O)c2ccccc12. The van der Waals surface area contributed by atoms with E-state index < -0.39 is 0 Å². The van der Waals surface area contributed by atoms with Crippen LogP contribution in [0.15, 0.2) is 76.2 Å². The van der Waals surface area contributed by atoms with E-state index in [4.69, 9.17) is 0 Å². The van der Waals surface area contributed by atoms with Crippen LogP contribution < -0.4 is 5.56 Å². The highest BCUT2D eigenvalue weighted by Crippen LogP contribution is 2.18. The lowest BCUT2D eigenvalue weighted by atomic mass is 10.1. The molecule has 0 fully saturated rings. The number of carbonyl (C=O) groups is 1. The van der Waals surface area contributed by atoms with Crippen molar-refractivity contribution in [3.05, 3.63) is 93.0 Å². The van der Waals surface area contributed by atoms with Crippen molar-refractivity contribution in [1.29, 1.82) is 0 Å². The third-order valence-electron chi connectivity index (χ3n) is 4.35. The zero-order chi connectivity index (χ0) is 18.8. The van der Waals surface area contributed by atoms with Crippen LogP contribution in [0.5, 0.6) is 0 Å². The van der Waals surface area contributed by atoms with Gasteiger partial charge in [-0.1, -0.05) is 36.4 Å². The van der Waals surface area contributed by atoms with Crippen molar-refractivity contribution in [2.45, 2.75) is 6.54 Å². The average Bonchev–Trinajstić information content (AvgIpc) is 3.21. The molecule has 0 saturated carbocycles. The molecule has 2 aromatic carbocycles. The lowest BCUT2D eigenvalue weighted by Gasteiger charge is -2.18. The van der Waals surface area contributed by atoms with E-state index in [2.05, 4.69) is 5.10 Å². The summed E-state index contributed by atoms with van der Waals surface area (Å²) in [5.41, 5.74) is 1.72. The van der Waals surface area contributed by atoms with Crippen molar-refractivity contribution in [1.82, 2.24) is 14.7 Å². The minimum atomic E-state index is -0.242. The van der Waals surface area contributed by atoms with Gasteiger partial charge in [0, 0.05) is 19.0 Å². The quantitative estimate of drug-likeness (QED) is 0.546. The monoisotopic (exact) mass is 375 g/mol. The topological polar surface area (TPSA) is 55.2 Å². The average molecular weight is 375 g/mol. The number of aromatic nitrogens is 2. The van der Waals surface area contributed by atoms with Crippen LogP contribution in [-0.2, 0) is 6.54 Å². The Morgan fingerprint density at radius 1 is 1.04 bits per heavy atom. The second kappa shape index (κ2) is 7.17. The maximum Gasteiger partial charge on any atom is 0.279 e. The van der Waals surface area contributed by atoms with E-state index in [0.29, 0.717) is 23.0 Å². The molecule has 4 rings (SSSR count). The van der Waals surface area contributed by atoms with Gasteiger partial charge in [0.15, 0.2) is 5.69 Å². The number of benzene rings is 2. The van der Waals surface area contributed by atoms with E-state index in [0.717, 1.165) is 5.56 Å². The molecule has 0 radical (unpaired) electrons. The molecular weight excluding hydrogens is 358 g/mol. The van der Waals surface area contributed by atoms with Crippen LogP contribution in [0, 0.1) is 0 Å². The second-order valence-corrected chi connectivity index (χ2v) is 7.02. The second-order valence-electron chi connectivity index (χ2n) is 6.24. The first-order valence-corrected chi connectivity index (χ1v) is 9.43. The maximum atomic E-state index is 13.1. The Kier molecular flexibility index (Phi) is 4.56. The first kappa shape index (κ1) is 17.2. The lowest BCUT2D eigenvalue weighted by molar-refractivity contribution is 0.0779. The number of para-hydroxylation sites is 1. The summed E-state index contributed by atoms with van der Waals surface area (Å²) in [5, 5.41) is 9.48. The minimum Gasteiger partial charge on any atom is -0.336 e. The zero-order valence-electron chi connectivity index (χ0n) is 14.7. The van der Waals surface area contributed by atoms with Gasteiger partial charge in [0.1, 0.15) is 0 Å². The zero-order valence-corrected chi connectivity index (χ0v) is 15.5. The van der Waals surface area contributed by atoms with E-state index in [1.54, 1.807) is 53.6 Å². The Morgan fingerprint density at radius 2 is 1.74 bits per heavy atom. The Hall–Kier alpha value is -3.25. The van der Waals surface area contributed by atoms with Crippen LogP contribution in [0.1, 0.15) is 16.1 Å². The van der Waals surface area contributed by atoms with Crippen LogP contribution in [0.4, 0.5) is 0 Å². The Morgan fingerprint density at radius 3 is 2.44 bits per heavy atom. The molecule has 5 nitrogen and oxygen atoms in total. The highest BCUT2D eigenvalue weighted by molar-refractivity contribution is 7.07. The molecule has 27 heavy (non-hydrogen) atoms. The van der Waals surface area contributed by atoms with Gasteiger partial charge in [-0.2, -0.15) is 21.1 Å². The number of hydrogen-bond donors (Lipinski definition) is 0. The van der Waals surface area contributed by atoms with Gasteiger partial charge in [0.2, 0.25) is 0 Å². The van der Waals surface area contributed by atoms with E-state index in [1.807, 2.05) is 41.1 Å². The minimum absolute atomic E-state index is 0.220.